The van der Waals surface area contributed by atoms with E-state index in [2.05, 4.69) is 22.4 Å². The third kappa shape index (κ3) is 2.90. The van der Waals surface area contributed by atoms with Gasteiger partial charge in [-0.3, -0.25) is 4.90 Å². The lowest BCUT2D eigenvalue weighted by Gasteiger charge is -2.42. The Morgan fingerprint density at radius 3 is 2.96 bits per heavy atom. The van der Waals surface area contributed by atoms with Crippen LogP contribution in [0.1, 0.15) is 31.4 Å². The van der Waals surface area contributed by atoms with Crippen molar-refractivity contribution in [2.45, 2.75) is 50.0 Å². The van der Waals surface area contributed by atoms with Gasteiger partial charge in [0.05, 0.1) is 17.4 Å². The third-order valence-electron chi connectivity index (χ3n) is 5.61. The van der Waals surface area contributed by atoms with Crippen LogP contribution in [-0.4, -0.2) is 46.4 Å². The zero-order chi connectivity index (χ0) is 16.6. The second-order valence-corrected chi connectivity index (χ2v) is 7.80. The van der Waals surface area contributed by atoms with Gasteiger partial charge in [0, 0.05) is 37.2 Å². The minimum Gasteiger partial charge on any atom is -0.393 e. The molecule has 5 heteroatoms. The Balaban J connectivity index is 1.51. The molecule has 1 N–H and O–H groups in total. The van der Waals surface area contributed by atoms with Gasteiger partial charge in [0.25, 0.3) is 0 Å². The SMILES string of the molecule is CO[C@@]12CC[C@H](O)C[C@@H]1N(Cc1csc(-c3ccccc3)n1)CC2. The van der Waals surface area contributed by atoms with Crippen molar-refractivity contribution in [3.05, 3.63) is 41.4 Å². The van der Waals surface area contributed by atoms with Crippen LogP contribution in [0, 0.1) is 0 Å². The Kier molecular flexibility index (Phi) is 4.43. The van der Waals surface area contributed by atoms with E-state index < -0.39 is 0 Å². The molecule has 2 aromatic rings. The number of hydrogen-bond donors (Lipinski definition) is 1. The topological polar surface area (TPSA) is 45.6 Å². The van der Waals surface area contributed by atoms with Gasteiger partial charge in [0.2, 0.25) is 0 Å². The van der Waals surface area contributed by atoms with Gasteiger partial charge < -0.3 is 9.84 Å². The number of aliphatic hydroxyl groups excluding tert-OH is 1. The molecule has 0 radical (unpaired) electrons. The normalized spacial score (nSPS) is 30.4. The van der Waals surface area contributed by atoms with Crippen LogP contribution in [-0.2, 0) is 11.3 Å². The van der Waals surface area contributed by atoms with Crippen molar-refractivity contribution in [1.29, 1.82) is 0 Å². The molecule has 1 aromatic heterocycles. The van der Waals surface area contributed by atoms with Crippen LogP contribution in [0.2, 0.25) is 0 Å². The summed E-state index contributed by atoms with van der Waals surface area (Å²) in [6.07, 6.45) is 3.47. The zero-order valence-electron chi connectivity index (χ0n) is 14.0. The highest BCUT2D eigenvalue weighted by Crippen LogP contribution is 2.43. The van der Waals surface area contributed by atoms with Crippen LogP contribution in [0.15, 0.2) is 35.7 Å². The Morgan fingerprint density at radius 1 is 1.33 bits per heavy atom. The number of nitrogens with zero attached hydrogens (tertiary/aromatic N) is 2. The Hall–Kier alpha value is -1.27. The fourth-order valence-corrected chi connectivity index (χ4v) is 5.08. The number of aromatic nitrogens is 1. The van der Waals surface area contributed by atoms with Crippen LogP contribution in [0.4, 0.5) is 0 Å². The molecule has 2 fully saturated rings. The number of likely N-dealkylation sites (tertiary alicyclic amines) is 1. The highest BCUT2D eigenvalue weighted by molar-refractivity contribution is 7.13. The first-order valence-corrected chi connectivity index (χ1v) is 9.55. The number of methoxy groups -OCH3 is 1. The van der Waals surface area contributed by atoms with Gasteiger partial charge in [0.1, 0.15) is 5.01 Å². The first-order valence-electron chi connectivity index (χ1n) is 8.67. The summed E-state index contributed by atoms with van der Waals surface area (Å²) in [7, 11) is 1.82. The van der Waals surface area contributed by atoms with Gasteiger partial charge in [-0.15, -0.1) is 11.3 Å². The van der Waals surface area contributed by atoms with E-state index in [1.807, 2.05) is 25.3 Å². The summed E-state index contributed by atoms with van der Waals surface area (Å²) in [6.45, 7) is 1.86. The van der Waals surface area contributed by atoms with E-state index in [1.165, 1.54) is 5.56 Å². The Bertz CT molecular complexity index is 690. The van der Waals surface area contributed by atoms with Gasteiger partial charge in [0.15, 0.2) is 0 Å². The molecule has 0 spiro atoms. The largest absolute Gasteiger partial charge is 0.393 e. The average Bonchev–Trinajstić information content (AvgIpc) is 3.22. The van der Waals surface area contributed by atoms with Gasteiger partial charge in [-0.2, -0.15) is 0 Å². The zero-order valence-corrected chi connectivity index (χ0v) is 14.8. The fourth-order valence-electron chi connectivity index (χ4n) is 4.26. The number of hydrogen-bond acceptors (Lipinski definition) is 5. The molecule has 0 bridgehead atoms. The van der Waals surface area contributed by atoms with E-state index >= 15 is 0 Å². The lowest BCUT2D eigenvalue weighted by Crippen LogP contribution is -2.51. The van der Waals surface area contributed by atoms with Crippen molar-refractivity contribution in [3.63, 3.8) is 0 Å². The van der Waals surface area contributed by atoms with Crippen molar-refractivity contribution < 1.29 is 9.84 Å². The van der Waals surface area contributed by atoms with Crippen molar-refractivity contribution in [1.82, 2.24) is 9.88 Å². The van der Waals surface area contributed by atoms with Crippen molar-refractivity contribution in [3.8, 4) is 10.6 Å². The number of rotatable bonds is 4. The molecule has 4 rings (SSSR count). The van der Waals surface area contributed by atoms with Gasteiger partial charge >= 0.3 is 0 Å². The van der Waals surface area contributed by atoms with E-state index in [1.54, 1.807) is 11.3 Å². The number of ether oxygens (including phenoxy) is 1. The van der Waals surface area contributed by atoms with Crippen molar-refractivity contribution >= 4 is 11.3 Å². The molecule has 3 atom stereocenters. The molecule has 1 saturated carbocycles. The molecule has 1 aliphatic carbocycles. The molecule has 0 amide bonds. The second kappa shape index (κ2) is 6.56. The van der Waals surface area contributed by atoms with Gasteiger partial charge in [-0.1, -0.05) is 30.3 Å². The molecule has 0 unspecified atom stereocenters. The maximum atomic E-state index is 10.1. The predicted molar refractivity (Wildman–Crippen MR) is 96.0 cm³/mol. The summed E-state index contributed by atoms with van der Waals surface area (Å²) >= 11 is 1.70. The first-order chi connectivity index (χ1) is 11.7. The summed E-state index contributed by atoms with van der Waals surface area (Å²) in [5, 5.41) is 13.3. The lowest BCUT2D eigenvalue weighted by atomic mass is 9.79. The van der Waals surface area contributed by atoms with Crippen molar-refractivity contribution in [2.75, 3.05) is 13.7 Å². The molecule has 1 saturated heterocycles. The van der Waals surface area contributed by atoms with Crippen LogP contribution in [0.5, 0.6) is 0 Å². The predicted octanol–water partition coefficient (Wildman–Crippen LogP) is 3.31. The maximum Gasteiger partial charge on any atom is 0.123 e. The number of fused-ring (bicyclic) bond motifs is 1. The van der Waals surface area contributed by atoms with Crippen LogP contribution in [0.3, 0.4) is 0 Å². The van der Waals surface area contributed by atoms with E-state index in [-0.39, 0.29) is 11.7 Å². The number of thiazole rings is 1. The summed E-state index contributed by atoms with van der Waals surface area (Å²) < 4.78 is 5.92. The average molecular weight is 344 g/mol. The molecule has 1 aliphatic heterocycles. The molecular formula is C19H24N2O2S. The molecule has 1 aromatic carbocycles. The first kappa shape index (κ1) is 16.2. The van der Waals surface area contributed by atoms with Crippen LogP contribution < -0.4 is 0 Å². The van der Waals surface area contributed by atoms with E-state index in [9.17, 15) is 5.11 Å². The highest BCUT2D eigenvalue weighted by Gasteiger charge is 2.50. The van der Waals surface area contributed by atoms with E-state index in [0.717, 1.165) is 49.5 Å². The molecule has 24 heavy (non-hydrogen) atoms. The van der Waals surface area contributed by atoms with E-state index in [0.29, 0.717) is 6.04 Å². The third-order valence-corrected chi connectivity index (χ3v) is 6.55. The minimum atomic E-state index is -0.200. The fraction of sp³-hybridized carbons (Fsp3) is 0.526. The minimum absolute atomic E-state index is 0.0719. The Labute approximate surface area is 147 Å². The number of benzene rings is 1. The van der Waals surface area contributed by atoms with Gasteiger partial charge in [-0.25, -0.2) is 4.98 Å². The van der Waals surface area contributed by atoms with Crippen molar-refractivity contribution in [2.24, 2.45) is 0 Å². The lowest BCUT2D eigenvalue weighted by molar-refractivity contribution is -0.0880. The smallest absolute Gasteiger partial charge is 0.123 e. The molecule has 128 valence electrons. The Morgan fingerprint density at radius 2 is 2.17 bits per heavy atom. The summed E-state index contributed by atoms with van der Waals surface area (Å²) in [4.78, 5) is 7.28. The van der Waals surface area contributed by atoms with E-state index in [4.69, 9.17) is 9.72 Å². The standard InChI is InChI=1S/C19H24N2O2S/c1-23-19-8-7-16(22)11-17(19)21(10-9-19)12-15-13-24-18(20-15)14-5-3-2-4-6-14/h2-6,13,16-17,22H,7-12H2,1H3/t16-,17-,19+/m0/s1. The second-order valence-electron chi connectivity index (χ2n) is 6.94. The monoisotopic (exact) mass is 344 g/mol. The molecular weight excluding hydrogens is 320 g/mol. The molecule has 4 nitrogen and oxygen atoms in total. The summed E-state index contributed by atoms with van der Waals surface area (Å²) in [6, 6.07) is 10.6. The van der Waals surface area contributed by atoms with Crippen LogP contribution >= 0.6 is 11.3 Å². The summed E-state index contributed by atoms with van der Waals surface area (Å²) in [5.74, 6) is 0. The maximum absolute atomic E-state index is 10.1. The molecule has 2 heterocycles. The van der Waals surface area contributed by atoms with Gasteiger partial charge in [-0.05, 0) is 25.7 Å². The summed E-state index contributed by atoms with van der Waals surface area (Å²) in [5.41, 5.74) is 2.22. The molecule has 2 aliphatic rings. The van der Waals surface area contributed by atoms with Crippen LogP contribution in [0.25, 0.3) is 10.6 Å². The number of aliphatic hydroxyl groups is 1. The highest BCUT2D eigenvalue weighted by atomic mass is 32.1. The quantitative estimate of drug-likeness (QED) is 0.924.